The molecule has 0 fully saturated rings. The van der Waals surface area contributed by atoms with Crippen LogP contribution in [-0.4, -0.2) is 21.7 Å². The molecular weight excluding hydrogens is 498 g/mol. The minimum Gasteiger partial charge on any atom is -0.486 e. The van der Waals surface area contributed by atoms with Crippen molar-refractivity contribution in [3.05, 3.63) is 79.7 Å². The fraction of sp³-hybridized carbons (Fsp3) is 0.174. The molecular formula is C23H18F2N4O6S. The SMILES string of the molecule is Cc1cc(OCc2ccc(C(=O)Nc3c(C(N)=O)sc4nc(C(F)F)cc(C)c34)o2)ccc1[N+](=O)[O-]. The van der Waals surface area contributed by atoms with Gasteiger partial charge < -0.3 is 20.2 Å². The lowest BCUT2D eigenvalue weighted by Crippen LogP contribution is -2.16. The fourth-order valence-corrected chi connectivity index (χ4v) is 4.61. The van der Waals surface area contributed by atoms with Crippen molar-refractivity contribution in [3.8, 4) is 5.75 Å². The molecule has 186 valence electrons. The number of primary amides is 1. The summed E-state index contributed by atoms with van der Waals surface area (Å²) < 4.78 is 37.4. The number of alkyl halides is 2. The Morgan fingerprint density at radius 2 is 1.97 bits per heavy atom. The normalized spacial score (nSPS) is 11.1. The van der Waals surface area contributed by atoms with Gasteiger partial charge in [-0.05, 0) is 49.7 Å². The fourth-order valence-electron chi connectivity index (χ4n) is 3.54. The van der Waals surface area contributed by atoms with Crippen molar-refractivity contribution in [3.63, 3.8) is 0 Å². The van der Waals surface area contributed by atoms with Crippen molar-refractivity contribution in [1.29, 1.82) is 0 Å². The van der Waals surface area contributed by atoms with Crippen LogP contribution >= 0.6 is 11.3 Å². The molecule has 0 atom stereocenters. The van der Waals surface area contributed by atoms with E-state index in [1.54, 1.807) is 13.8 Å². The number of benzene rings is 1. The number of furan rings is 1. The average Bonchev–Trinajstić information content (AvgIpc) is 3.43. The summed E-state index contributed by atoms with van der Waals surface area (Å²) >= 11 is 0.803. The molecule has 10 nitrogen and oxygen atoms in total. The van der Waals surface area contributed by atoms with E-state index >= 15 is 0 Å². The Balaban J connectivity index is 1.53. The Labute approximate surface area is 205 Å². The lowest BCUT2D eigenvalue weighted by atomic mass is 10.1. The molecule has 4 aromatic rings. The molecule has 0 unspecified atom stereocenters. The number of anilines is 1. The predicted octanol–water partition coefficient (Wildman–Crippen LogP) is 5.28. The second kappa shape index (κ2) is 9.70. The summed E-state index contributed by atoms with van der Waals surface area (Å²) in [6.45, 7) is 3.09. The molecule has 0 radical (unpaired) electrons. The van der Waals surface area contributed by atoms with Gasteiger partial charge >= 0.3 is 0 Å². The maximum Gasteiger partial charge on any atom is 0.291 e. The first-order valence-corrected chi connectivity index (χ1v) is 11.2. The van der Waals surface area contributed by atoms with E-state index < -0.39 is 28.9 Å². The number of hydrogen-bond acceptors (Lipinski definition) is 8. The number of amides is 2. The van der Waals surface area contributed by atoms with E-state index in [0.717, 1.165) is 11.3 Å². The van der Waals surface area contributed by atoms with Gasteiger partial charge in [0, 0.05) is 17.0 Å². The summed E-state index contributed by atoms with van der Waals surface area (Å²) in [5, 5.41) is 13.8. The van der Waals surface area contributed by atoms with Crippen LogP contribution in [0.5, 0.6) is 5.75 Å². The van der Waals surface area contributed by atoms with E-state index in [1.165, 1.54) is 36.4 Å². The second-order valence-electron chi connectivity index (χ2n) is 7.73. The topological polar surface area (TPSA) is 151 Å². The van der Waals surface area contributed by atoms with Crippen molar-refractivity contribution < 1.29 is 32.4 Å². The highest BCUT2D eigenvalue weighted by molar-refractivity contribution is 7.21. The number of nitrogens with one attached hydrogen (secondary N) is 1. The van der Waals surface area contributed by atoms with Crippen LogP contribution in [0, 0.1) is 24.0 Å². The molecule has 1 aromatic carbocycles. The first-order valence-electron chi connectivity index (χ1n) is 10.3. The standard InChI is InChI=1S/C23H18F2N4O6S/c1-10-7-12(3-5-15(10)29(32)33)34-9-13-4-6-16(35-13)22(31)28-18-17-11(2)8-14(20(24)25)27-23(17)36-19(18)21(26)30/h3-8,20H,9H2,1-2H3,(H2,26,30)(H,28,31). The molecule has 0 spiro atoms. The Morgan fingerprint density at radius 1 is 1.22 bits per heavy atom. The van der Waals surface area contributed by atoms with Crippen LogP contribution in [0.3, 0.4) is 0 Å². The van der Waals surface area contributed by atoms with Crippen molar-refractivity contribution >= 4 is 44.7 Å². The van der Waals surface area contributed by atoms with Gasteiger partial charge in [0.2, 0.25) is 0 Å². The van der Waals surface area contributed by atoms with Crippen molar-refractivity contribution in [1.82, 2.24) is 4.98 Å². The van der Waals surface area contributed by atoms with Crippen LogP contribution in [0.1, 0.15) is 49.2 Å². The molecule has 13 heteroatoms. The summed E-state index contributed by atoms with van der Waals surface area (Å²) in [5.41, 5.74) is 5.84. The van der Waals surface area contributed by atoms with Crippen molar-refractivity contribution in [2.45, 2.75) is 26.9 Å². The number of ether oxygens (including phenoxy) is 1. The average molecular weight is 516 g/mol. The number of thiophene rings is 1. The molecule has 3 N–H and O–H groups in total. The number of nitrogens with zero attached hydrogens (tertiary/aromatic N) is 2. The number of carbonyl (C=O) groups is 2. The van der Waals surface area contributed by atoms with Gasteiger partial charge in [-0.15, -0.1) is 11.3 Å². The summed E-state index contributed by atoms with van der Waals surface area (Å²) in [5.74, 6) is -0.980. The van der Waals surface area contributed by atoms with Gasteiger partial charge in [-0.3, -0.25) is 19.7 Å². The van der Waals surface area contributed by atoms with Gasteiger partial charge in [0.25, 0.3) is 23.9 Å². The van der Waals surface area contributed by atoms with Crippen molar-refractivity contribution in [2.24, 2.45) is 5.73 Å². The van der Waals surface area contributed by atoms with E-state index in [4.69, 9.17) is 14.9 Å². The van der Waals surface area contributed by atoms with E-state index in [9.17, 15) is 28.5 Å². The molecule has 0 saturated heterocycles. The molecule has 3 aromatic heterocycles. The largest absolute Gasteiger partial charge is 0.486 e. The van der Waals surface area contributed by atoms with Crippen LogP contribution in [0.25, 0.3) is 10.2 Å². The highest BCUT2D eigenvalue weighted by Crippen LogP contribution is 2.38. The Hall–Kier alpha value is -4.39. The highest BCUT2D eigenvalue weighted by atomic mass is 32.1. The van der Waals surface area contributed by atoms with Crippen LogP contribution in [-0.2, 0) is 6.61 Å². The zero-order chi connectivity index (χ0) is 26.1. The van der Waals surface area contributed by atoms with Crippen LogP contribution in [0.15, 0.2) is 40.8 Å². The van der Waals surface area contributed by atoms with E-state index in [0.29, 0.717) is 28.0 Å². The molecule has 4 rings (SSSR count). The smallest absolute Gasteiger partial charge is 0.291 e. The second-order valence-corrected chi connectivity index (χ2v) is 8.73. The predicted molar refractivity (Wildman–Crippen MR) is 127 cm³/mol. The van der Waals surface area contributed by atoms with Crippen LogP contribution in [0.4, 0.5) is 20.2 Å². The number of nitro groups is 1. The molecule has 36 heavy (non-hydrogen) atoms. The van der Waals surface area contributed by atoms with Crippen LogP contribution < -0.4 is 15.8 Å². The number of nitro benzene ring substituents is 1. The minimum atomic E-state index is -2.80. The number of halogens is 2. The Morgan fingerprint density at radius 3 is 2.61 bits per heavy atom. The van der Waals surface area contributed by atoms with Crippen LogP contribution in [0.2, 0.25) is 0 Å². The van der Waals surface area contributed by atoms with Gasteiger partial charge in [-0.2, -0.15) is 0 Å². The van der Waals surface area contributed by atoms with Gasteiger partial charge in [0.1, 0.15) is 33.5 Å². The van der Waals surface area contributed by atoms with Gasteiger partial charge in [-0.1, -0.05) is 0 Å². The number of nitrogens with two attached hydrogens (primary N) is 1. The summed E-state index contributed by atoms with van der Waals surface area (Å²) in [6.07, 6.45) is -2.80. The number of rotatable bonds is 8. The third-order valence-corrected chi connectivity index (χ3v) is 6.29. The van der Waals surface area contributed by atoms with Gasteiger partial charge in [-0.25, -0.2) is 13.8 Å². The first-order chi connectivity index (χ1) is 17.0. The molecule has 0 aliphatic carbocycles. The number of hydrogen-bond donors (Lipinski definition) is 2. The van der Waals surface area contributed by atoms with E-state index in [-0.39, 0.29) is 33.4 Å². The molecule has 0 aliphatic rings. The van der Waals surface area contributed by atoms with Crippen molar-refractivity contribution in [2.75, 3.05) is 5.32 Å². The van der Waals surface area contributed by atoms with E-state index in [1.807, 2.05) is 0 Å². The summed E-state index contributed by atoms with van der Waals surface area (Å²) in [4.78, 5) is 39.3. The van der Waals surface area contributed by atoms with Gasteiger partial charge in [0.15, 0.2) is 5.76 Å². The minimum absolute atomic E-state index is 0.0357. The number of carbonyl (C=O) groups excluding carboxylic acids is 2. The molecule has 3 heterocycles. The molecule has 0 bridgehead atoms. The number of pyridine rings is 1. The summed E-state index contributed by atoms with van der Waals surface area (Å²) in [6, 6.07) is 8.38. The third kappa shape index (κ3) is 4.86. The van der Waals surface area contributed by atoms with E-state index in [2.05, 4.69) is 10.3 Å². The zero-order valence-electron chi connectivity index (χ0n) is 18.8. The lowest BCUT2D eigenvalue weighted by Gasteiger charge is -2.07. The first kappa shape index (κ1) is 24.7. The zero-order valence-corrected chi connectivity index (χ0v) is 19.7. The monoisotopic (exact) mass is 516 g/mol. The number of fused-ring (bicyclic) bond motifs is 1. The Bertz CT molecular complexity index is 1510. The quantitative estimate of drug-likeness (QED) is 0.239. The molecule has 0 saturated carbocycles. The highest BCUT2D eigenvalue weighted by Gasteiger charge is 2.24. The maximum atomic E-state index is 13.1. The third-order valence-electron chi connectivity index (χ3n) is 5.20. The molecule has 0 aliphatic heterocycles. The number of aromatic nitrogens is 1. The summed E-state index contributed by atoms with van der Waals surface area (Å²) in [7, 11) is 0. The maximum absolute atomic E-state index is 13.1. The number of aryl methyl sites for hydroxylation is 2. The van der Waals surface area contributed by atoms with Gasteiger partial charge in [0.05, 0.1) is 10.6 Å². The Kier molecular flexibility index (Phi) is 6.66. The molecule has 2 amide bonds. The lowest BCUT2D eigenvalue weighted by molar-refractivity contribution is -0.385.